The van der Waals surface area contributed by atoms with Crippen molar-refractivity contribution in [1.29, 1.82) is 0 Å². The van der Waals surface area contributed by atoms with Gasteiger partial charge in [0.05, 0.1) is 18.1 Å². The molecule has 4 rings (SSSR count). The number of ether oxygens (including phenoxy) is 1. The average molecular weight is 343 g/mol. The van der Waals surface area contributed by atoms with E-state index >= 15 is 0 Å². The molecule has 0 radical (unpaired) electrons. The third-order valence-electron chi connectivity index (χ3n) is 5.55. The van der Waals surface area contributed by atoms with Crippen molar-refractivity contribution in [1.82, 2.24) is 15.2 Å². The Balaban J connectivity index is 1.34. The number of carbonyl (C=O) groups is 2. The molecule has 1 saturated carbocycles. The number of hydrogen-bond acceptors (Lipinski definition) is 4. The van der Waals surface area contributed by atoms with Crippen LogP contribution < -0.4 is 5.32 Å². The largest absolute Gasteiger partial charge is 0.376 e. The van der Waals surface area contributed by atoms with E-state index in [1.54, 1.807) is 12.4 Å². The Bertz CT molecular complexity index is 632. The van der Waals surface area contributed by atoms with Gasteiger partial charge in [0.1, 0.15) is 0 Å². The summed E-state index contributed by atoms with van der Waals surface area (Å²) >= 11 is 0. The van der Waals surface area contributed by atoms with E-state index in [9.17, 15) is 9.59 Å². The van der Waals surface area contributed by atoms with E-state index in [2.05, 4.69) is 10.3 Å². The van der Waals surface area contributed by atoms with E-state index in [0.29, 0.717) is 19.7 Å². The van der Waals surface area contributed by atoms with E-state index in [-0.39, 0.29) is 35.8 Å². The van der Waals surface area contributed by atoms with E-state index in [0.717, 1.165) is 37.7 Å². The lowest BCUT2D eigenvalue weighted by molar-refractivity contribution is -0.143. The second-order valence-corrected chi connectivity index (χ2v) is 7.36. The lowest BCUT2D eigenvalue weighted by atomic mass is 9.89. The molecule has 1 aliphatic carbocycles. The fourth-order valence-corrected chi connectivity index (χ4v) is 3.98. The molecule has 134 valence electrons. The van der Waals surface area contributed by atoms with Crippen LogP contribution in [0.5, 0.6) is 0 Å². The van der Waals surface area contributed by atoms with Gasteiger partial charge < -0.3 is 15.0 Å². The molecule has 6 heteroatoms. The molecule has 3 fully saturated rings. The lowest BCUT2D eigenvalue weighted by Crippen LogP contribution is -2.55. The van der Waals surface area contributed by atoms with Crippen molar-refractivity contribution in [3.05, 3.63) is 30.1 Å². The fraction of sp³-hybridized carbons (Fsp3) is 0.632. The molecule has 1 aromatic rings. The van der Waals surface area contributed by atoms with Crippen LogP contribution in [0.15, 0.2) is 24.5 Å². The Labute approximate surface area is 147 Å². The van der Waals surface area contributed by atoms with Crippen LogP contribution in [0.4, 0.5) is 0 Å². The molecule has 6 nitrogen and oxygen atoms in total. The Morgan fingerprint density at radius 1 is 1.20 bits per heavy atom. The normalized spacial score (nSPS) is 28.5. The molecular weight excluding hydrogens is 318 g/mol. The van der Waals surface area contributed by atoms with Gasteiger partial charge >= 0.3 is 0 Å². The van der Waals surface area contributed by atoms with Crippen LogP contribution in [0.2, 0.25) is 0 Å². The Kier molecular flexibility index (Phi) is 4.70. The quantitative estimate of drug-likeness (QED) is 0.871. The van der Waals surface area contributed by atoms with Crippen LogP contribution in [-0.4, -0.2) is 53.5 Å². The molecule has 1 N–H and O–H groups in total. The Hall–Kier alpha value is -1.95. The van der Waals surface area contributed by atoms with Gasteiger partial charge in [0.15, 0.2) is 0 Å². The number of piperidine rings is 1. The highest BCUT2D eigenvalue weighted by Gasteiger charge is 2.46. The van der Waals surface area contributed by atoms with Crippen molar-refractivity contribution in [2.45, 2.75) is 44.2 Å². The summed E-state index contributed by atoms with van der Waals surface area (Å²) in [5.41, 5.74) is 1.16. The van der Waals surface area contributed by atoms with E-state index in [4.69, 9.17) is 4.74 Å². The summed E-state index contributed by atoms with van der Waals surface area (Å²) in [6, 6.07) is 4.09. The van der Waals surface area contributed by atoms with Crippen molar-refractivity contribution >= 4 is 11.8 Å². The summed E-state index contributed by atoms with van der Waals surface area (Å²) in [5.74, 6) is 0.292. The zero-order valence-corrected chi connectivity index (χ0v) is 14.4. The molecule has 3 aliphatic rings. The van der Waals surface area contributed by atoms with Crippen molar-refractivity contribution in [3.63, 3.8) is 0 Å². The minimum Gasteiger partial charge on any atom is -0.376 e. The number of aromatic nitrogens is 1. The SMILES string of the molecule is O=C(NCCc1ccncc1)[C@H]1C[C@H]2OCC[C@H]2N(C(=O)C2CC2)C1. The molecule has 0 unspecified atom stereocenters. The molecule has 1 aromatic heterocycles. The smallest absolute Gasteiger partial charge is 0.226 e. The molecule has 25 heavy (non-hydrogen) atoms. The van der Waals surface area contributed by atoms with Gasteiger partial charge in [-0.15, -0.1) is 0 Å². The number of hydrogen-bond donors (Lipinski definition) is 1. The number of rotatable bonds is 5. The molecule has 2 saturated heterocycles. The zero-order valence-electron chi connectivity index (χ0n) is 14.4. The molecule has 2 amide bonds. The van der Waals surface area contributed by atoms with Gasteiger partial charge in [0.25, 0.3) is 0 Å². The predicted molar refractivity (Wildman–Crippen MR) is 91.6 cm³/mol. The number of likely N-dealkylation sites (tertiary alicyclic amines) is 1. The highest BCUT2D eigenvalue weighted by atomic mass is 16.5. The molecule has 0 spiro atoms. The second-order valence-electron chi connectivity index (χ2n) is 7.36. The summed E-state index contributed by atoms with van der Waals surface area (Å²) < 4.78 is 5.81. The third kappa shape index (κ3) is 3.68. The van der Waals surface area contributed by atoms with Crippen molar-refractivity contribution in [2.75, 3.05) is 19.7 Å². The first-order valence-electron chi connectivity index (χ1n) is 9.31. The summed E-state index contributed by atoms with van der Waals surface area (Å²) in [5, 5.41) is 3.03. The van der Waals surface area contributed by atoms with E-state index in [1.165, 1.54) is 0 Å². The first-order chi connectivity index (χ1) is 12.2. The third-order valence-corrected chi connectivity index (χ3v) is 5.55. The highest BCUT2D eigenvalue weighted by molar-refractivity contribution is 5.84. The maximum Gasteiger partial charge on any atom is 0.226 e. The average Bonchev–Trinajstić information content (AvgIpc) is 3.38. The predicted octanol–water partition coefficient (Wildman–Crippen LogP) is 1.16. The van der Waals surface area contributed by atoms with Gasteiger partial charge in [-0.1, -0.05) is 0 Å². The molecule has 0 bridgehead atoms. The number of nitrogens with zero attached hydrogens (tertiary/aromatic N) is 2. The minimum absolute atomic E-state index is 0.0207. The second kappa shape index (κ2) is 7.12. The number of amides is 2. The molecule has 2 aliphatic heterocycles. The first kappa shape index (κ1) is 16.5. The van der Waals surface area contributed by atoms with Gasteiger partial charge in [-0.3, -0.25) is 14.6 Å². The van der Waals surface area contributed by atoms with Crippen LogP contribution in [0.1, 0.15) is 31.2 Å². The molecule has 0 aromatic carbocycles. The Morgan fingerprint density at radius 3 is 2.76 bits per heavy atom. The van der Waals surface area contributed by atoms with Gasteiger partial charge in [-0.25, -0.2) is 0 Å². The monoisotopic (exact) mass is 343 g/mol. The lowest BCUT2D eigenvalue weighted by Gasteiger charge is -2.40. The maximum atomic E-state index is 12.6. The van der Waals surface area contributed by atoms with E-state index < -0.39 is 0 Å². The van der Waals surface area contributed by atoms with E-state index in [1.807, 2.05) is 17.0 Å². The molecular formula is C19H25N3O3. The van der Waals surface area contributed by atoms with Crippen molar-refractivity contribution < 1.29 is 14.3 Å². The van der Waals surface area contributed by atoms with Crippen molar-refractivity contribution in [2.24, 2.45) is 11.8 Å². The number of nitrogens with one attached hydrogen (secondary N) is 1. The Morgan fingerprint density at radius 2 is 2.00 bits per heavy atom. The van der Waals surface area contributed by atoms with Gasteiger partial charge in [0.2, 0.25) is 11.8 Å². The molecule has 3 heterocycles. The van der Waals surface area contributed by atoms with Crippen molar-refractivity contribution in [3.8, 4) is 0 Å². The summed E-state index contributed by atoms with van der Waals surface area (Å²) in [6.07, 6.45) is 7.95. The van der Waals surface area contributed by atoms with Crippen LogP contribution >= 0.6 is 0 Å². The molecule has 3 atom stereocenters. The fourth-order valence-electron chi connectivity index (χ4n) is 3.98. The number of carbonyl (C=O) groups excluding carboxylic acids is 2. The first-order valence-corrected chi connectivity index (χ1v) is 9.31. The number of pyridine rings is 1. The minimum atomic E-state index is -0.167. The van der Waals surface area contributed by atoms with Crippen LogP contribution in [0, 0.1) is 11.8 Å². The topological polar surface area (TPSA) is 71.5 Å². The zero-order chi connectivity index (χ0) is 17.2. The highest BCUT2D eigenvalue weighted by Crippen LogP contribution is 2.37. The number of fused-ring (bicyclic) bond motifs is 1. The standard InChI is InChI=1S/C19H25N3O3/c23-18(21-9-5-13-3-7-20-8-4-13)15-11-17-16(6-10-25-17)22(12-15)19(24)14-1-2-14/h3-4,7-8,14-17H,1-2,5-6,9-12H2,(H,21,23)/t15-,16+,17+/m0/s1. The summed E-state index contributed by atoms with van der Waals surface area (Å²) in [6.45, 7) is 1.84. The van der Waals surface area contributed by atoms with Gasteiger partial charge in [0, 0.05) is 38.0 Å². The van der Waals surface area contributed by atoms with Gasteiger partial charge in [-0.2, -0.15) is 0 Å². The summed E-state index contributed by atoms with van der Waals surface area (Å²) in [4.78, 5) is 31.2. The van der Waals surface area contributed by atoms with Crippen LogP contribution in [0.3, 0.4) is 0 Å². The van der Waals surface area contributed by atoms with Crippen LogP contribution in [0.25, 0.3) is 0 Å². The van der Waals surface area contributed by atoms with Gasteiger partial charge in [-0.05, 0) is 49.8 Å². The maximum absolute atomic E-state index is 12.6. The summed E-state index contributed by atoms with van der Waals surface area (Å²) in [7, 11) is 0. The van der Waals surface area contributed by atoms with Crippen LogP contribution in [-0.2, 0) is 20.7 Å².